The highest BCUT2D eigenvalue weighted by molar-refractivity contribution is 7.92. The van der Waals surface area contributed by atoms with E-state index in [0.717, 1.165) is 11.8 Å². The van der Waals surface area contributed by atoms with Gasteiger partial charge in [-0.1, -0.05) is 6.07 Å². The first-order valence-electron chi connectivity index (χ1n) is 6.15. The molecule has 0 aliphatic carbocycles. The predicted molar refractivity (Wildman–Crippen MR) is 81.8 cm³/mol. The molecule has 0 atom stereocenters. The zero-order valence-corrected chi connectivity index (χ0v) is 12.4. The van der Waals surface area contributed by atoms with E-state index < -0.39 is 10.0 Å². The molecule has 0 unspecified atom stereocenters. The maximum Gasteiger partial charge on any atom is 0.255 e. The van der Waals surface area contributed by atoms with Gasteiger partial charge in [-0.15, -0.1) is 0 Å². The van der Waals surface area contributed by atoms with E-state index in [9.17, 15) is 13.2 Å². The monoisotopic (exact) mass is 305 g/mol. The molecule has 0 saturated heterocycles. The molecule has 110 valence electrons. The average molecular weight is 305 g/mol. The number of aromatic nitrogens is 1. The van der Waals surface area contributed by atoms with Crippen LogP contribution < -0.4 is 10.0 Å². The Hall–Kier alpha value is -2.41. The fraction of sp³-hybridized carbons (Fsp3) is 0.143. The van der Waals surface area contributed by atoms with Crippen LogP contribution in [0.1, 0.15) is 15.9 Å². The van der Waals surface area contributed by atoms with Crippen molar-refractivity contribution in [1.29, 1.82) is 0 Å². The summed E-state index contributed by atoms with van der Waals surface area (Å²) in [5.41, 5.74) is 2.05. The van der Waals surface area contributed by atoms with Crippen LogP contribution in [-0.2, 0) is 10.0 Å². The summed E-state index contributed by atoms with van der Waals surface area (Å²) in [6, 6.07) is 8.25. The van der Waals surface area contributed by atoms with Crippen molar-refractivity contribution in [2.24, 2.45) is 0 Å². The summed E-state index contributed by atoms with van der Waals surface area (Å²) < 4.78 is 25.0. The van der Waals surface area contributed by atoms with Crippen molar-refractivity contribution >= 4 is 27.3 Å². The molecular formula is C14H15N3O3S. The van der Waals surface area contributed by atoms with Gasteiger partial charge in [-0.25, -0.2) is 8.42 Å². The summed E-state index contributed by atoms with van der Waals surface area (Å²) in [5, 5.41) is 2.69. The van der Waals surface area contributed by atoms with Gasteiger partial charge in [0.25, 0.3) is 5.91 Å². The number of aryl methyl sites for hydroxylation is 1. The number of nitrogens with one attached hydrogen (secondary N) is 2. The Morgan fingerprint density at radius 1 is 1.24 bits per heavy atom. The maximum absolute atomic E-state index is 12.1. The van der Waals surface area contributed by atoms with Crippen LogP contribution in [0.4, 0.5) is 11.4 Å². The van der Waals surface area contributed by atoms with Gasteiger partial charge >= 0.3 is 0 Å². The van der Waals surface area contributed by atoms with Crippen LogP contribution in [0.15, 0.2) is 42.7 Å². The zero-order valence-electron chi connectivity index (χ0n) is 11.6. The molecule has 2 rings (SSSR count). The molecule has 0 saturated carbocycles. The summed E-state index contributed by atoms with van der Waals surface area (Å²) in [6.45, 7) is 1.76. The molecule has 0 radical (unpaired) electrons. The van der Waals surface area contributed by atoms with Gasteiger partial charge in [0.05, 0.1) is 23.8 Å². The largest absolute Gasteiger partial charge is 0.321 e. The number of pyridine rings is 1. The zero-order chi connectivity index (χ0) is 15.5. The highest BCUT2D eigenvalue weighted by Gasteiger charge is 2.11. The molecule has 0 aliphatic heterocycles. The molecule has 0 bridgehead atoms. The number of hydrogen-bond acceptors (Lipinski definition) is 4. The molecule has 21 heavy (non-hydrogen) atoms. The van der Waals surface area contributed by atoms with Crippen molar-refractivity contribution in [3.63, 3.8) is 0 Å². The molecule has 0 fully saturated rings. The van der Waals surface area contributed by atoms with Gasteiger partial charge < -0.3 is 5.32 Å². The first kappa shape index (κ1) is 15.0. The van der Waals surface area contributed by atoms with E-state index in [1.165, 1.54) is 12.3 Å². The number of carbonyl (C=O) groups is 1. The lowest BCUT2D eigenvalue weighted by molar-refractivity contribution is 0.102. The lowest BCUT2D eigenvalue weighted by Crippen LogP contribution is -2.14. The van der Waals surface area contributed by atoms with Crippen molar-refractivity contribution in [1.82, 2.24) is 4.98 Å². The molecule has 1 heterocycles. The van der Waals surface area contributed by atoms with E-state index in [0.29, 0.717) is 16.9 Å². The van der Waals surface area contributed by atoms with Crippen LogP contribution in [0.25, 0.3) is 0 Å². The van der Waals surface area contributed by atoms with E-state index in [1.54, 1.807) is 37.4 Å². The van der Waals surface area contributed by atoms with Crippen LogP contribution in [0, 0.1) is 6.92 Å². The normalized spacial score (nSPS) is 11.0. The molecule has 2 aromatic rings. The van der Waals surface area contributed by atoms with E-state index in [4.69, 9.17) is 0 Å². The Kier molecular flexibility index (Phi) is 4.23. The van der Waals surface area contributed by atoms with Crippen molar-refractivity contribution in [3.05, 3.63) is 53.9 Å². The fourth-order valence-corrected chi connectivity index (χ4v) is 2.33. The minimum absolute atomic E-state index is 0.334. The van der Waals surface area contributed by atoms with Gasteiger partial charge in [0.2, 0.25) is 10.0 Å². The van der Waals surface area contributed by atoms with Gasteiger partial charge in [-0.05, 0) is 36.8 Å². The number of rotatable bonds is 4. The van der Waals surface area contributed by atoms with Crippen LogP contribution in [0.2, 0.25) is 0 Å². The molecule has 0 aliphatic rings. The molecule has 2 N–H and O–H groups in total. The summed E-state index contributed by atoms with van der Waals surface area (Å²) in [7, 11) is -3.39. The second kappa shape index (κ2) is 5.92. The van der Waals surface area contributed by atoms with Crippen LogP contribution in [-0.4, -0.2) is 25.6 Å². The molecule has 1 aromatic heterocycles. The van der Waals surface area contributed by atoms with E-state index in [-0.39, 0.29) is 5.91 Å². The van der Waals surface area contributed by atoms with Crippen LogP contribution in [0.3, 0.4) is 0 Å². The molecule has 1 aromatic carbocycles. The number of hydrogen-bond donors (Lipinski definition) is 2. The van der Waals surface area contributed by atoms with Crippen molar-refractivity contribution < 1.29 is 13.2 Å². The van der Waals surface area contributed by atoms with Gasteiger partial charge in [0.1, 0.15) is 0 Å². The van der Waals surface area contributed by atoms with Crippen molar-refractivity contribution in [3.8, 4) is 0 Å². The minimum atomic E-state index is -3.39. The van der Waals surface area contributed by atoms with Crippen molar-refractivity contribution in [2.75, 3.05) is 16.3 Å². The van der Waals surface area contributed by atoms with Crippen molar-refractivity contribution in [2.45, 2.75) is 6.92 Å². The topological polar surface area (TPSA) is 88.2 Å². The summed E-state index contributed by atoms with van der Waals surface area (Å²) >= 11 is 0. The van der Waals surface area contributed by atoms with E-state index in [2.05, 4.69) is 15.0 Å². The van der Waals surface area contributed by atoms with Gasteiger partial charge in [-0.3, -0.25) is 14.5 Å². The SMILES string of the molecule is Cc1ccc(C(=O)Nc2cccnc2)cc1NS(C)(=O)=O. The average Bonchev–Trinajstić information content (AvgIpc) is 2.41. The third kappa shape index (κ3) is 4.28. The van der Waals surface area contributed by atoms with Crippen LogP contribution >= 0.6 is 0 Å². The van der Waals surface area contributed by atoms with E-state index >= 15 is 0 Å². The third-order valence-corrected chi connectivity index (χ3v) is 3.31. The first-order valence-corrected chi connectivity index (χ1v) is 8.04. The molecular weight excluding hydrogens is 290 g/mol. The Labute approximate surface area is 123 Å². The van der Waals surface area contributed by atoms with Gasteiger partial charge in [0, 0.05) is 11.8 Å². The lowest BCUT2D eigenvalue weighted by atomic mass is 10.1. The quantitative estimate of drug-likeness (QED) is 0.904. The minimum Gasteiger partial charge on any atom is -0.321 e. The molecule has 1 amide bonds. The molecule has 7 heteroatoms. The number of sulfonamides is 1. The molecule has 6 nitrogen and oxygen atoms in total. The first-order chi connectivity index (χ1) is 9.85. The molecule has 0 spiro atoms. The second-order valence-corrected chi connectivity index (χ2v) is 6.35. The predicted octanol–water partition coefficient (Wildman–Crippen LogP) is 2.01. The number of amides is 1. The fourth-order valence-electron chi connectivity index (χ4n) is 1.71. The number of benzene rings is 1. The Morgan fingerprint density at radius 3 is 2.62 bits per heavy atom. The van der Waals surface area contributed by atoms with Crippen LogP contribution in [0.5, 0.6) is 0 Å². The highest BCUT2D eigenvalue weighted by atomic mass is 32.2. The van der Waals surface area contributed by atoms with Gasteiger partial charge in [-0.2, -0.15) is 0 Å². The Bertz CT molecular complexity index is 758. The number of nitrogens with zero attached hydrogens (tertiary/aromatic N) is 1. The Morgan fingerprint density at radius 2 is 2.00 bits per heavy atom. The Balaban J connectivity index is 2.24. The number of anilines is 2. The maximum atomic E-state index is 12.1. The van der Waals surface area contributed by atoms with Gasteiger partial charge in [0.15, 0.2) is 0 Å². The summed E-state index contributed by atoms with van der Waals surface area (Å²) in [6.07, 6.45) is 4.20. The van der Waals surface area contributed by atoms with E-state index in [1.807, 2.05) is 0 Å². The smallest absolute Gasteiger partial charge is 0.255 e. The summed E-state index contributed by atoms with van der Waals surface area (Å²) in [4.78, 5) is 16.0. The standard InChI is InChI=1S/C14H15N3O3S/c1-10-5-6-11(8-13(10)17-21(2,19)20)14(18)16-12-4-3-7-15-9-12/h3-9,17H,1-2H3,(H,16,18). The lowest BCUT2D eigenvalue weighted by Gasteiger charge is -2.10. The highest BCUT2D eigenvalue weighted by Crippen LogP contribution is 2.19. The third-order valence-electron chi connectivity index (χ3n) is 2.71. The second-order valence-electron chi connectivity index (χ2n) is 4.60. The summed E-state index contributed by atoms with van der Waals surface area (Å²) in [5.74, 6) is -0.334. The number of carbonyl (C=O) groups excluding carboxylic acids is 1.